The third-order valence-corrected chi connectivity index (χ3v) is 5.48. The number of hydrogen-bond donors (Lipinski definition) is 0. The Hall–Kier alpha value is -5.12. The van der Waals surface area contributed by atoms with Crippen LogP contribution in [0.4, 0.5) is 5.69 Å². The summed E-state index contributed by atoms with van der Waals surface area (Å²) >= 11 is 0. The lowest BCUT2D eigenvalue weighted by molar-refractivity contribution is 1.33. The van der Waals surface area contributed by atoms with Gasteiger partial charge in [0.1, 0.15) is 0 Å². The van der Waals surface area contributed by atoms with Gasteiger partial charge in [-0.3, -0.25) is 9.97 Å². The maximum Gasteiger partial charge on any atom is 0.206 e. The molecular weight excluding hydrogens is 396 g/mol. The summed E-state index contributed by atoms with van der Waals surface area (Å²) in [6, 6.07) is 17.1. The van der Waals surface area contributed by atoms with E-state index in [2.05, 4.69) is 25.9 Å². The maximum absolute atomic E-state index is 9.80. The Labute approximate surface area is 184 Å². The van der Waals surface area contributed by atoms with Gasteiger partial charge in [0.15, 0.2) is 5.69 Å². The summed E-state index contributed by atoms with van der Waals surface area (Å²) in [6.45, 7) is 7.69. The Balaban J connectivity index is 1.83. The van der Waals surface area contributed by atoms with Crippen LogP contribution in [-0.4, -0.2) is 15.7 Å². The van der Waals surface area contributed by atoms with Crippen molar-refractivity contribution >= 4 is 11.4 Å². The van der Waals surface area contributed by atoms with Crippen LogP contribution in [0.5, 0.6) is 0 Å². The van der Waals surface area contributed by atoms with E-state index < -0.39 is 0 Å². The molecule has 0 unspecified atom stereocenters. The lowest BCUT2D eigenvalue weighted by atomic mass is 9.93. The molecule has 0 fully saturated rings. The standard InChI is InChI=1S/C26H12N6/c1-29-25-13-24-22(12-20(25)17-4-8-31-9-5-17)21-11-19(16-2-6-30-7-3-16)18(14-27)10-23(21)26(24)32-15-28/h2-13H. The Kier molecular flexibility index (Phi) is 4.49. The zero-order valence-electron chi connectivity index (χ0n) is 16.6. The van der Waals surface area contributed by atoms with Crippen LogP contribution in [0.1, 0.15) is 16.7 Å². The van der Waals surface area contributed by atoms with E-state index in [0.29, 0.717) is 28.1 Å². The van der Waals surface area contributed by atoms with Crippen LogP contribution in [0.25, 0.3) is 38.2 Å². The fourth-order valence-electron chi connectivity index (χ4n) is 4.06. The molecule has 0 bridgehead atoms. The van der Waals surface area contributed by atoms with Gasteiger partial charge in [0, 0.05) is 35.9 Å². The summed E-state index contributed by atoms with van der Waals surface area (Å²) in [5.74, 6) is 0. The van der Waals surface area contributed by atoms with Gasteiger partial charge in [0.05, 0.1) is 23.9 Å². The molecule has 0 spiro atoms. The minimum atomic E-state index is 0.461. The minimum Gasteiger partial charge on any atom is -0.265 e. The van der Waals surface area contributed by atoms with E-state index in [1.54, 1.807) is 36.9 Å². The molecule has 4 aromatic rings. The number of benzene rings is 2. The summed E-state index contributed by atoms with van der Waals surface area (Å²) in [6.07, 6.45) is 8.61. The van der Waals surface area contributed by atoms with E-state index in [1.807, 2.05) is 42.6 Å². The first-order valence-electron chi connectivity index (χ1n) is 9.67. The zero-order chi connectivity index (χ0) is 22.1. The molecule has 0 aliphatic heterocycles. The first-order valence-corrected chi connectivity index (χ1v) is 9.67. The predicted octanol–water partition coefficient (Wildman–Crippen LogP) is 5.53. The van der Waals surface area contributed by atoms with Gasteiger partial charge in [-0.2, -0.15) is 15.5 Å². The van der Waals surface area contributed by atoms with Crippen LogP contribution in [0, 0.1) is 29.4 Å². The summed E-state index contributed by atoms with van der Waals surface area (Å²) in [5, 5.41) is 19.1. The van der Waals surface area contributed by atoms with Gasteiger partial charge in [0.25, 0.3) is 0 Å². The second kappa shape index (κ2) is 7.61. The molecule has 1 aliphatic rings. The van der Waals surface area contributed by atoms with Crippen molar-refractivity contribution in [1.82, 2.24) is 9.97 Å². The number of rotatable bonds is 2. The van der Waals surface area contributed by atoms with Crippen molar-refractivity contribution in [2.24, 2.45) is 4.99 Å². The van der Waals surface area contributed by atoms with Crippen molar-refractivity contribution in [3.05, 3.63) is 101 Å². The number of nitriles is 2. The fourth-order valence-corrected chi connectivity index (χ4v) is 4.06. The highest BCUT2D eigenvalue weighted by Gasteiger charge is 2.29. The number of fused-ring (bicyclic) bond motifs is 3. The van der Waals surface area contributed by atoms with Crippen molar-refractivity contribution in [3.63, 3.8) is 0 Å². The molecule has 2 aromatic carbocycles. The number of aromatic nitrogens is 2. The number of aliphatic imine (C=N–C) groups is 1. The van der Waals surface area contributed by atoms with Crippen LogP contribution < -0.4 is 0 Å². The lowest BCUT2D eigenvalue weighted by Crippen LogP contribution is -1.99. The van der Waals surface area contributed by atoms with Gasteiger partial charge in [-0.05, 0) is 75.8 Å². The smallest absolute Gasteiger partial charge is 0.206 e. The van der Waals surface area contributed by atoms with Gasteiger partial charge in [-0.1, -0.05) is 6.07 Å². The number of hydrogen-bond acceptors (Lipinski definition) is 5. The topological polar surface area (TPSA) is 90.1 Å². The average molecular weight is 408 g/mol. The van der Waals surface area contributed by atoms with Gasteiger partial charge in [0.2, 0.25) is 6.19 Å². The van der Waals surface area contributed by atoms with Crippen LogP contribution in [-0.2, 0) is 0 Å². The first-order chi connectivity index (χ1) is 15.7. The summed E-state index contributed by atoms with van der Waals surface area (Å²) in [5.41, 5.74) is 7.87. The molecular formula is C26H12N6. The summed E-state index contributed by atoms with van der Waals surface area (Å²) < 4.78 is 0. The van der Waals surface area contributed by atoms with Crippen LogP contribution in [0.2, 0.25) is 0 Å². The molecule has 2 aromatic heterocycles. The van der Waals surface area contributed by atoms with Crippen molar-refractivity contribution in [3.8, 4) is 45.6 Å². The van der Waals surface area contributed by atoms with Crippen molar-refractivity contribution in [2.45, 2.75) is 0 Å². The molecule has 6 heteroatoms. The number of nitrogens with zero attached hydrogens (tertiary/aromatic N) is 6. The Morgan fingerprint density at radius 1 is 0.719 bits per heavy atom. The molecule has 32 heavy (non-hydrogen) atoms. The molecule has 1 aliphatic carbocycles. The second-order valence-electron chi connectivity index (χ2n) is 7.11. The highest BCUT2D eigenvalue weighted by Crippen LogP contribution is 2.45. The van der Waals surface area contributed by atoms with Crippen LogP contribution >= 0.6 is 0 Å². The highest BCUT2D eigenvalue weighted by atomic mass is 14.7. The molecule has 146 valence electrons. The van der Waals surface area contributed by atoms with E-state index in [1.165, 1.54) is 0 Å². The van der Waals surface area contributed by atoms with Crippen molar-refractivity contribution in [1.29, 1.82) is 10.5 Å². The molecule has 0 amide bonds. The van der Waals surface area contributed by atoms with E-state index >= 15 is 0 Å². The lowest BCUT2D eigenvalue weighted by Gasteiger charge is -2.10. The van der Waals surface area contributed by atoms with Crippen LogP contribution in [0.15, 0.2) is 78.3 Å². The van der Waals surface area contributed by atoms with Gasteiger partial charge >= 0.3 is 0 Å². The van der Waals surface area contributed by atoms with Crippen molar-refractivity contribution in [2.75, 3.05) is 0 Å². The first kappa shape index (κ1) is 18.9. The molecule has 5 rings (SSSR count). The molecule has 0 saturated carbocycles. The van der Waals surface area contributed by atoms with Gasteiger partial charge in [-0.15, -0.1) is 0 Å². The maximum atomic E-state index is 9.80. The zero-order valence-corrected chi connectivity index (χ0v) is 16.6. The van der Waals surface area contributed by atoms with E-state index in [4.69, 9.17) is 6.57 Å². The fraction of sp³-hybridized carbons (Fsp3) is 0. The summed E-state index contributed by atoms with van der Waals surface area (Å²) in [4.78, 5) is 15.9. The predicted molar refractivity (Wildman–Crippen MR) is 121 cm³/mol. The van der Waals surface area contributed by atoms with Crippen molar-refractivity contribution < 1.29 is 0 Å². The second-order valence-corrected chi connectivity index (χ2v) is 7.11. The van der Waals surface area contributed by atoms with E-state index in [-0.39, 0.29) is 0 Å². The quantitative estimate of drug-likeness (QED) is 0.284. The molecule has 0 saturated heterocycles. The highest BCUT2D eigenvalue weighted by molar-refractivity contribution is 6.26. The SMILES string of the molecule is [C-]#[N+]c1cc2c(cc1-c1ccncc1)-c1cc(-c3ccncc3)c(C#N)cc1C2=NC#N. The third kappa shape index (κ3) is 2.91. The normalized spacial score (nSPS) is 12.3. The summed E-state index contributed by atoms with van der Waals surface area (Å²) in [7, 11) is 0. The molecule has 0 N–H and O–H groups in total. The number of pyridine rings is 2. The minimum absolute atomic E-state index is 0.461. The monoisotopic (exact) mass is 408 g/mol. The Morgan fingerprint density at radius 2 is 1.28 bits per heavy atom. The molecule has 6 nitrogen and oxygen atoms in total. The molecule has 0 atom stereocenters. The molecule has 0 radical (unpaired) electrons. The van der Waals surface area contributed by atoms with E-state index in [0.717, 1.165) is 33.4 Å². The average Bonchev–Trinajstić information content (AvgIpc) is 3.15. The van der Waals surface area contributed by atoms with E-state index in [9.17, 15) is 10.5 Å². The van der Waals surface area contributed by atoms with Crippen LogP contribution in [0.3, 0.4) is 0 Å². The Bertz CT molecular complexity index is 1420. The Morgan fingerprint density at radius 3 is 1.84 bits per heavy atom. The van der Waals surface area contributed by atoms with Gasteiger partial charge < -0.3 is 0 Å². The largest absolute Gasteiger partial charge is 0.265 e. The van der Waals surface area contributed by atoms with Gasteiger partial charge in [-0.25, -0.2) is 4.85 Å². The third-order valence-electron chi connectivity index (χ3n) is 5.48. The molecule has 2 heterocycles.